The van der Waals surface area contributed by atoms with Crippen LogP contribution in [0.15, 0.2) is 24.3 Å². The maximum Gasteiger partial charge on any atom is 0.416 e. The zero-order chi connectivity index (χ0) is 15.7. The van der Waals surface area contributed by atoms with Crippen molar-refractivity contribution in [1.29, 1.82) is 0 Å². The molecular formula is C17H24F3N. The van der Waals surface area contributed by atoms with Crippen LogP contribution in [0, 0.1) is 11.3 Å². The van der Waals surface area contributed by atoms with Crippen molar-refractivity contribution in [3.8, 4) is 0 Å². The topological polar surface area (TPSA) is 12.0 Å². The van der Waals surface area contributed by atoms with Gasteiger partial charge in [-0.2, -0.15) is 13.2 Å². The Morgan fingerprint density at radius 3 is 2.33 bits per heavy atom. The molecule has 1 fully saturated rings. The Hall–Kier alpha value is -1.03. The third-order valence-corrected chi connectivity index (χ3v) is 4.67. The number of rotatable bonds is 3. The second-order valence-electron chi connectivity index (χ2n) is 6.95. The van der Waals surface area contributed by atoms with Gasteiger partial charge in [0.1, 0.15) is 0 Å². The number of hydrogen-bond acceptors (Lipinski definition) is 1. The summed E-state index contributed by atoms with van der Waals surface area (Å²) < 4.78 is 38.0. The SMILES string of the molecule is CNCC1CCC(C)(C)CC1c1ccc(C(F)(F)F)cc1. The summed E-state index contributed by atoms with van der Waals surface area (Å²) in [5.41, 5.74) is 0.736. The highest BCUT2D eigenvalue weighted by Crippen LogP contribution is 2.46. The number of benzene rings is 1. The Morgan fingerprint density at radius 2 is 1.81 bits per heavy atom. The molecule has 0 heterocycles. The average Bonchev–Trinajstić information content (AvgIpc) is 2.40. The van der Waals surface area contributed by atoms with Gasteiger partial charge in [0.25, 0.3) is 0 Å². The largest absolute Gasteiger partial charge is 0.416 e. The van der Waals surface area contributed by atoms with Gasteiger partial charge in [0, 0.05) is 0 Å². The summed E-state index contributed by atoms with van der Waals surface area (Å²) in [5, 5.41) is 3.22. The lowest BCUT2D eigenvalue weighted by molar-refractivity contribution is -0.137. The first-order valence-electron chi connectivity index (χ1n) is 7.55. The van der Waals surface area contributed by atoms with Crippen molar-refractivity contribution in [2.24, 2.45) is 11.3 Å². The van der Waals surface area contributed by atoms with E-state index in [1.54, 1.807) is 12.1 Å². The molecule has 2 rings (SSSR count). The molecule has 0 aromatic heterocycles. The Morgan fingerprint density at radius 1 is 1.19 bits per heavy atom. The molecule has 2 atom stereocenters. The Kier molecular flexibility index (Phi) is 4.66. The van der Waals surface area contributed by atoms with Crippen molar-refractivity contribution in [3.05, 3.63) is 35.4 Å². The van der Waals surface area contributed by atoms with Gasteiger partial charge in [0.15, 0.2) is 0 Å². The lowest BCUT2D eigenvalue weighted by atomic mass is 9.65. The van der Waals surface area contributed by atoms with Crippen LogP contribution in [0.2, 0.25) is 0 Å². The summed E-state index contributed by atoms with van der Waals surface area (Å²) in [6, 6.07) is 5.76. The Balaban J connectivity index is 2.23. The standard InChI is InChI=1S/C17H24F3N/c1-16(2)9-8-13(11-21-3)15(10-16)12-4-6-14(7-5-12)17(18,19)20/h4-7,13,15,21H,8-11H2,1-3H3. The number of alkyl halides is 3. The molecule has 0 spiro atoms. The van der Waals surface area contributed by atoms with Crippen LogP contribution >= 0.6 is 0 Å². The first kappa shape index (κ1) is 16.3. The highest BCUT2D eigenvalue weighted by atomic mass is 19.4. The number of nitrogens with one attached hydrogen (secondary N) is 1. The lowest BCUT2D eigenvalue weighted by Crippen LogP contribution is -2.33. The molecule has 4 heteroatoms. The van der Waals surface area contributed by atoms with Gasteiger partial charge in [-0.3, -0.25) is 0 Å². The van der Waals surface area contributed by atoms with Gasteiger partial charge in [0.2, 0.25) is 0 Å². The van der Waals surface area contributed by atoms with Gasteiger partial charge in [-0.1, -0.05) is 26.0 Å². The predicted molar refractivity (Wildman–Crippen MR) is 79.2 cm³/mol. The Labute approximate surface area is 124 Å². The molecule has 0 radical (unpaired) electrons. The molecule has 1 saturated carbocycles. The molecule has 1 aliphatic carbocycles. The molecule has 1 nitrogen and oxygen atoms in total. The maximum atomic E-state index is 12.7. The normalized spacial score (nSPS) is 25.8. The van der Waals surface area contributed by atoms with E-state index < -0.39 is 11.7 Å². The highest BCUT2D eigenvalue weighted by Gasteiger charge is 2.36. The van der Waals surface area contributed by atoms with Gasteiger partial charge in [-0.25, -0.2) is 0 Å². The van der Waals surface area contributed by atoms with Crippen LogP contribution in [0.3, 0.4) is 0 Å². The van der Waals surface area contributed by atoms with E-state index >= 15 is 0 Å². The monoisotopic (exact) mass is 299 g/mol. The summed E-state index contributed by atoms with van der Waals surface area (Å²) in [6.45, 7) is 5.42. The minimum atomic E-state index is -4.26. The third-order valence-electron chi connectivity index (χ3n) is 4.67. The van der Waals surface area contributed by atoms with Crippen molar-refractivity contribution < 1.29 is 13.2 Å². The van der Waals surface area contributed by atoms with Crippen LogP contribution < -0.4 is 5.32 Å². The van der Waals surface area contributed by atoms with Crippen LogP contribution in [0.5, 0.6) is 0 Å². The van der Waals surface area contributed by atoms with Gasteiger partial charge >= 0.3 is 6.18 Å². The fourth-order valence-electron chi connectivity index (χ4n) is 3.46. The van der Waals surface area contributed by atoms with Crippen molar-refractivity contribution in [2.75, 3.05) is 13.6 Å². The van der Waals surface area contributed by atoms with Crippen molar-refractivity contribution in [2.45, 2.75) is 45.2 Å². The van der Waals surface area contributed by atoms with E-state index in [1.165, 1.54) is 18.6 Å². The minimum absolute atomic E-state index is 0.262. The van der Waals surface area contributed by atoms with Crippen LogP contribution in [0.1, 0.15) is 50.2 Å². The van der Waals surface area contributed by atoms with E-state index in [0.717, 1.165) is 24.9 Å². The zero-order valence-electron chi connectivity index (χ0n) is 12.9. The van der Waals surface area contributed by atoms with Crippen molar-refractivity contribution in [3.63, 3.8) is 0 Å². The predicted octanol–water partition coefficient (Wildman–Crippen LogP) is 4.83. The van der Waals surface area contributed by atoms with Crippen LogP contribution in [0.25, 0.3) is 0 Å². The van der Waals surface area contributed by atoms with E-state index in [9.17, 15) is 13.2 Å². The minimum Gasteiger partial charge on any atom is -0.319 e. The summed E-state index contributed by atoms with van der Waals surface area (Å²) in [4.78, 5) is 0. The molecule has 0 bridgehead atoms. The highest BCUT2D eigenvalue weighted by molar-refractivity contribution is 5.28. The molecule has 118 valence electrons. The molecule has 1 N–H and O–H groups in total. The smallest absolute Gasteiger partial charge is 0.319 e. The second-order valence-corrected chi connectivity index (χ2v) is 6.95. The van der Waals surface area contributed by atoms with E-state index in [2.05, 4.69) is 19.2 Å². The second kappa shape index (κ2) is 5.99. The zero-order valence-corrected chi connectivity index (χ0v) is 12.9. The molecular weight excluding hydrogens is 275 g/mol. The molecule has 2 unspecified atom stereocenters. The summed E-state index contributed by atoms with van der Waals surface area (Å²) in [7, 11) is 1.93. The summed E-state index contributed by atoms with van der Waals surface area (Å²) in [6.07, 6.45) is -0.921. The number of hydrogen-bond donors (Lipinski definition) is 1. The van der Waals surface area contributed by atoms with E-state index in [4.69, 9.17) is 0 Å². The molecule has 0 aliphatic heterocycles. The van der Waals surface area contributed by atoms with E-state index in [-0.39, 0.29) is 5.41 Å². The van der Waals surface area contributed by atoms with Crippen LogP contribution in [-0.2, 0) is 6.18 Å². The Bertz CT molecular complexity index is 462. The molecule has 0 saturated heterocycles. The van der Waals surface area contributed by atoms with Gasteiger partial charge in [-0.15, -0.1) is 0 Å². The fraction of sp³-hybridized carbons (Fsp3) is 0.647. The van der Waals surface area contributed by atoms with E-state index in [0.29, 0.717) is 11.8 Å². The molecule has 0 amide bonds. The van der Waals surface area contributed by atoms with Crippen LogP contribution in [0.4, 0.5) is 13.2 Å². The fourth-order valence-corrected chi connectivity index (χ4v) is 3.46. The summed E-state index contributed by atoms with van der Waals surface area (Å²) in [5.74, 6) is 0.836. The molecule has 1 aromatic carbocycles. The molecule has 21 heavy (non-hydrogen) atoms. The molecule has 1 aromatic rings. The van der Waals surface area contributed by atoms with Crippen molar-refractivity contribution >= 4 is 0 Å². The van der Waals surface area contributed by atoms with Crippen LogP contribution in [-0.4, -0.2) is 13.6 Å². The van der Waals surface area contributed by atoms with Crippen molar-refractivity contribution in [1.82, 2.24) is 5.32 Å². The molecule has 1 aliphatic rings. The lowest BCUT2D eigenvalue weighted by Gasteiger charge is -2.41. The average molecular weight is 299 g/mol. The quantitative estimate of drug-likeness (QED) is 0.842. The van der Waals surface area contributed by atoms with Gasteiger partial charge in [-0.05, 0) is 67.8 Å². The third kappa shape index (κ3) is 4.00. The number of halogens is 3. The summed E-state index contributed by atoms with van der Waals surface area (Å²) >= 11 is 0. The first-order chi connectivity index (χ1) is 9.73. The maximum absolute atomic E-state index is 12.7. The van der Waals surface area contributed by atoms with Gasteiger partial charge in [0.05, 0.1) is 5.56 Å². The first-order valence-corrected chi connectivity index (χ1v) is 7.55. The van der Waals surface area contributed by atoms with Gasteiger partial charge < -0.3 is 5.32 Å². The van der Waals surface area contributed by atoms with E-state index in [1.807, 2.05) is 7.05 Å².